The predicted octanol–water partition coefficient (Wildman–Crippen LogP) is 3.31. The molecule has 1 aromatic rings. The van der Waals surface area contributed by atoms with E-state index in [2.05, 4.69) is 38.0 Å². The highest BCUT2D eigenvalue weighted by molar-refractivity contribution is 5.35. The lowest BCUT2D eigenvalue weighted by atomic mass is 9.81. The number of nitrogens with one attached hydrogen (secondary N) is 1. The Morgan fingerprint density at radius 2 is 2.13 bits per heavy atom. The third-order valence-electron chi connectivity index (χ3n) is 3.03. The minimum Gasteiger partial charge on any atom is -0.367 e. The Labute approximate surface area is 90.9 Å². The van der Waals surface area contributed by atoms with Crippen LogP contribution in [0.2, 0.25) is 0 Å². The first kappa shape index (κ1) is 12.0. The molecule has 0 atom stereocenters. The fourth-order valence-electron chi connectivity index (χ4n) is 1.03. The van der Waals surface area contributed by atoms with E-state index in [-0.39, 0.29) is 11.2 Å². The van der Waals surface area contributed by atoms with Gasteiger partial charge in [0.25, 0.3) is 0 Å². The van der Waals surface area contributed by atoms with E-state index < -0.39 is 0 Å². The van der Waals surface area contributed by atoms with Crippen LogP contribution in [0.15, 0.2) is 18.3 Å². The van der Waals surface area contributed by atoms with Gasteiger partial charge in [0.2, 0.25) is 0 Å². The molecule has 1 rings (SSSR count). The van der Waals surface area contributed by atoms with Gasteiger partial charge in [-0.1, -0.05) is 27.7 Å². The van der Waals surface area contributed by atoms with Crippen LogP contribution in [0.1, 0.15) is 27.7 Å². The van der Waals surface area contributed by atoms with E-state index >= 15 is 0 Å². The summed E-state index contributed by atoms with van der Waals surface area (Å²) < 4.78 is 13.2. The molecule has 0 saturated heterocycles. The topological polar surface area (TPSA) is 24.9 Å². The van der Waals surface area contributed by atoms with Gasteiger partial charge in [-0.05, 0) is 23.5 Å². The van der Waals surface area contributed by atoms with E-state index in [4.69, 9.17) is 0 Å². The molecule has 84 valence electrons. The molecule has 0 aromatic carbocycles. The molecule has 15 heavy (non-hydrogen) atoms. The SMILES string of the molecule is CC(C)C(C)(C)CNc1ncccc1F. The van der Waals surface area contributed by atoms with E-state index in [1.54, 1.807) is 12.3 Å². The highest BCUT2D eigenvalue weighted by atomic mass is 19.1. The minimum absolute atomic E-state index is 0.129. The summed E-state index contributed by atoms with van der Waals surface area (Å²) in [7, 11) is 0. The van der Waals surface area contributed by atoms with E-state index in [0.29, 0.717) is 11.7 Å². The maximum Gasteiger partial charge on any atom is 0.165 e. The molecule has 1 N–H and O–H groups in total. The molecule has 0 unspecified atom stereocenters. The first-order valence-corrected chi connectivity index (χ1v) is 5.28. The van der Waals surface area contributed by atoms with Gasteiger partial charge in [0.15, 0.2) is 11.6 Å². The van der Waals surface area contributed by atoms with Gasteiger partial charge in [0, 0.05) is 12.7 Å². The molecule has 0 aliphatic rings. The van der Waals surface area contributed by atoms with E-state index in [1.165, 1.54) is 6.07 Å². The fourth-order valence-corrected chi connectivity index (χ4v) is 1.03. The Morgan fingerprint density at radius 3 is 2.67 bits per heavy atom. The van der Waals surface area contributed by atoms with Crippen LogP contribution in [-0.2, 0) is 0 Å². The summed E-state index contributed by atoms with van der Waals surface area (Å²) >= 11 is 0. The molecule has 3 heteroatoms. The van der Waals surface area contributed by atoms with Crippen molar-refractivity contribution in [3.05, 3.63) is 24.1 Å². The molecule has 0 radical (unpaired) electrons. The highest BCUT2D eigenvalue weighted by Crippen LogP contribution is 2.26. The Morgan fingerprint density at radius 1 is 1.47 bits per heavy atom. The van der Waals surface area contributed by atoms with Crippen LogP contribution < -0.4 is 5.32 Å². The van der Waals surface area contributed by atoms with Crippen molar-refractivity contribution in [1.82, 2.24) is 4.98 Å². The van der Waals surface area contributed by atoms with Crippen molar-refractivity contribution in [2.24, 2.45) is 11.3 Å². The van der Waals surface area contributed by atoms with Crippen molar-refractivity contribution in [1.29, 1.82) is 0 Å². The molecule has 0 aliphatic carbocycles. The van der Waals surface area contributed by atoms with E-state index in [1.807, 2.05) is 0 Å². The number of hydrogen-bond donors (Lipinski definition) is 1. The zero-order valence-corrected chi connectivity index (χ0v) is 9.84. The summed E-state index contributed by atoms with van der Waals surface area (Å²) in [5, 5.41) is 3.05. The standard InChI is InChI=1S/C12H19FN2/c1-9(2)12(3,4)8-15-11-10(13)6-5-7-14-11/h5-7,9H,8H2,1-4H3,(H,14,15). The third kappa shape index (κ3) is 3.18. The summed E-state index contributed by atoms with van der Waals surface area (Å²) in [5.41, 5.74) is 0.129. The smallest absolute Gasteiger partial charge is 0.165 e. The van der Waals surface area contributed by atoms with Crippen LogP contribution in [0, 0.1) is 17.2 Å². The van der Waals surface area contributed by atoms with Gasteiger partial charge in [-0.3, -0.25) is 0 Å². The average Bonchev–Trinajstić information content (AvgIpc) is 2.16. The van der Waals surface area contributed by atoms with Gasteiger partial charge in [0.1, 0.15) is 0 Å². The Hall–Kier alpha value is -1.12. The number of rotatable bonds is 4. The zero-order chi connectivity index (χ0) is 11.5. The molecular formula is C12H19FN2. The van der Waals surface area contributed by atoms with Crippen LogP contribution in [0.4, 0.5) is 10.2 Å². The maximum absolute atomic E-state index is 13.2. The van der Waals surface area contributed by atoms with E-state index in [0.717, 1.165) is 6.54 Å². The van der Waals surface area contributed by atoms with Crippen molar-refractivity contribution in [3.8, 4) is 0 Å². The molecule has 2 nitrogen and oxygen atoms in total. The summed E-state index contributed by atoms with van der Waals surface area (Å²) in [6.45, 7) is 9.36. The van der Waals surface area contributed by atoms with Gasteiger partial charge in [-0.15, -0.1) is 0 Å². The van der Waals surface area contributed by atoms with Crippen LogP contribution in [0.3, 0.4) is 0 Å². The van der Waals surface area contributed by atoms with Crippen molar-refractivity contribution in [2.75, 3.05) is 11.9 Å². The quantitative estimate of drug-likeness (QED) is 0.824. The van der Waals surface area contributed by atoms with Gasteiger partial charge in [-0.2, -0.15) is 0 Å². The monoisotopic (exact) mass is 210 g/mol. The normalized spacial score (nSPS) is 11.9. The lowest BCUT2D eigenvalue weighted by molar-refractivity contribution is 0.269. The summed E-state index contributed by atoms with van der Waals surface area (Å²) in [5.74, 6) is 0.583. The van der Waals surface area contributed by atoms with E-state index in [9.17, 15) is 4.39 Å². The van der Waals surface area contributed by atoms with Crippen LogP contribution in [0.5, 0.6) is 0 Å². The molecule has 1 aromatic heterocycles. The first-order valence-electron chi connectivity index (χ1n) is 5.28. The second kappa shape index (κ2) is 4.60. The van der Waals surface area contributed by atoms with Gasteiger partial charge in [-0.25, -0.2) is 9.37 Å². The number of anilines is 1. The largest absolute Gasteiger partial charge is 0.367 e. The van der Waals surface area contributed by atoms with Crippen LogP contribution in [-0.4, -0.2) is 11.5 Å². The lowest BCUT2D eigenvalue weighted by Crippen LogP contribution is -2.29. The number of hydrogen-bond acceptors (Lipinski definition) is 2. The van der Waals surface area contributed by atoms with Gasteiger partial charge >= 0.3 is 0 Å². The van der Waals surface area contributed by atoms with Crippen LogP contribution in [0.25, 0.3) is 0 Å². The Bertz CT molecular complexity index is 321. The molecule has 0 fully saturated rings. The zero-order valence-electron chi connectivity index (χ0n) is 9.84. The second-order valence-electron chi connectivity index (χ2n) is 4.83. The average molecular weight is 210 g/mol. The number of halogens is 1. The van der Waals surface area contributed by atoms with Crippen molar-refractivity contribution in [3.63, 3.8) is 0 Å². The van der Waals surface area contributed by atoms with Gasteiger partial charge < -0.3 is 5.32 Å². The number of pyridine rings is 1. The molecular weight excluding hydrogens is 191 g/mol. The second-order valence-corrected chi connectivity index (χ2v) is 4.83. The minimum atomic E-state index is -0.294. The molecule has 0 spiro atoms. The van der Waals surface area contributed by atoms with Crippen molar-refractivity contribution >= 4 is 5.82 Å². The summed E-state index contributed by atoms with van der Waals surface area (Å²) in [4.78, 5) is 3.95. The number of nitrogens with zero attached hydrogens (tertiary/aromatic N) is 1. The van der Waals surface area contributed by atoms with Crippen molar-refractivity contribution in [2.45, 2.75) is 27.7 Å². The maximum atomic E-state index is 13.2. The highest BCUT2D eigenvalue weighted by Gasteiger charge is 2.22. The molecule has 1 heterocycles. The third-order valence-corrected chi connectivity index (χ3v) is 3.03. The first-order chi connectivity index (χ1) is 6.93. The predicted molar refractivity (Wildman–Crippen MR) is 61.3 cm³/mol. The molecule has 0 aliphatic heterocycles. The summed E-state index contributed by atoms with van der Waals surface area (Å²) in [6.07, 6.45) is 1.59. The Balaban J connectivity index is 2.62. The molecule has 0 bridgehead atoms. The summed E-state index contributed by atoms with van der Waals surface area (Å²) in [6, 6.07) is 3.01. The van der Waals surface area contributed by atoms with Crippen LogP contribution >= 0.6 is 0 Å². The Kier molecular flexibility index (Phi) is 3.66. The lowest BCUT2D eigenvalue weighted by Gasteiger charge is -2.29. The van der Waals surface area contributed by atoms with Crippen molar-refractivity contribution < 1.29 is 4.39 Å². The molecule has 0 amide bonds. The number of aromatic nitrogens is 1. The fraction of sp³-hybridized carbons (Fsp3) is 0.583. The molecule has 0 saturated carbocycles. The van der Waals surface area contributed by atoms with Gasteiger partial charge in [0.05, 0.1) is 0 Å².